The summed E-state index contributed by atoms with van der Waals surface area (Å²) in [6.07, 6.45) is 10.0. The average molecular weight is 573 g/mol. The number of benzene rings is 2. The van der Waals surface area contributed by atoms with Crippen LogP contribution in [0.2, 0.25) is 5.02 Å². The van der Waals surface area contributed by atoms with Crippen molar-refractivity contribution in [3.63, 3.8) is 0 Å². The normalized spacial score (nSPS) is 16.0. The van der Waals surface area contributed by atoms with Crippen molar-refractivity contribution < 1.29 is 0 Å². The second kappa shape index (κ2) is 17.0. The Bertz CT molecular complexity index is 1000. The van der Waals surface area contributed by atoms with Crippen LogP contribution in [-0.4, -0.2) is 45.6 Å². The highest BCUT2D eigenvalue weighted by atomic mass is 35.5. The fraction of sp³-hybridized carbons (Fsp3) is 0.548. The molecule has 2 unspecified atom stereocenters. The van der Waals surface area contributed by atoms with Crippen LogP contribution in [0, 0.1) is 5.92 Å². The van der Waals surface area contributed by atoms with E-state index >= 15 is 0 Å². The molecule has 1 saturated heterocycles. The van der Waals surface area contributed by atoms with Gasteiger partial charge in [-0.2, -0.15) is 5.10 Å². The highest BCUT2D eigenvalue weighted by Crippen LogP contribution is 2.27. The van der Waals surface area contributed by atoms with E-state index in [-0.39, 0.29) is 0 Å². The Hall–Kier alpha value is -1.76. The van der Waals surface area contributed by atoms with E-state index in [9.17, 15) is 0 Å². The van der Waals surface area contributed by atoms with Crippen LogP contribution in [-0.2, 0) is 0 Å². The molecular formula is C31H45ClN4S2. The van der Waals surface area contributed by atoms with Crippen molar-refractivity contribution in [1.82, 2.24) is 9.91 Å². The molecule has 2 aromatic rings. The second-order valence-electron chi connectivity index (χ2n) is 10.2. The van der Waals surface area contributed by atoms with E-state index in [1.807, 2.05) is 24.3 Å². The molecule has 38 heavy (non-hydrogen) atoms. The van der Waals surface area contributed by atoms with Gasteiger partial charge in [0.05, 0.1) is 0 Å². The molecule has 0 aromatic heterocycles. The Kier molecular flexibility index (Phi) is 13.8. The molecule has 1 aliphatic rings. The standard InChI is InChI=1S/C31H45ClN4S2/c1-4-7-8-10-15-25(6-3)23-35(24-27(14-5-2)26-16-11-9-12-17-26)34-31-36(20-21-38-31)30(37)33-29-19-13-18-28(32)22-29/h9,11-13,16-19,22,25,27H,4-8,10,14-15,20-21,23-24H2,1-3H3,(H,33,37). The SMILES string of the molecule is CCCCCCC(CC)CN(CC(CCC)c1ccccc1)N=C1SCCN1C(=S)Nc1cccc(Cl)c1. The van der Waals surface area contributed by atoms with E-state index in [0.29, 0.717) is 22.0 Å². The predicted octanol–water partition coefficient (Wildman–Crippen LogP) is 9.24. The first kappa shape index (κ1) is 30.8. The Morgan fingerprint density at radius 1 is 1.03 bits per heavy atom. The molecule has 1 heterocycles. The molecule has 0 saturated carbocycles. The number of amidine groups is 1. The minimum absolute atomic E-state index is 0.458. The predicted molar refractivity (Wildman–Crippen MR) is 172 cm³/mol. The lowest BCUT2D eigenvalue weighted by molar-refractivity contribution is 0.210. The van der Waals surface area contributed by atoms with Crippen molar-refractivity contribution in [2.75, 3.05) is 30.7 Å². The maximum Gasteiger partial charge on any atom is 0.189 e. The van der Waals surface area contributed by atoms with Gasteiger partial charge in [-0.1, -0.05) is 119 Å². The van der Waals surface area contributed by atoms with Gasteiger partial charge in [0.15, 0.2) is 10.3 Å². The Morgan fingerprint density at radius 3 is 2.55 bits per heavy atom. The number of hydrogen-bond donors (Lipinski definition) is 1. The number of rotatable bonds is 15. The summed E-state index contributed by atoms with van der Waals surface area (Å²) in [5.41, 5.74) is 2.31. The molecule has 0 amide bonds. The van der Waals surface area contributed by atoms with Crippen molar-refractivity contribution in [3.8, 4) is 0 Å². The number of thioether (sulfide) groups is 1. The Labute approximate surface area is 245 Å². The molecule has 3 rings (SSSR count). The molecule has 2 atom stereocenters. The van der Waals surface area contributed by atoms with E-state index in [1.54, 1.807) is 11.8 Å². The van der Waals surface area contributed by atoms with Crippen LogP contribution in [0.1, 0.15) is 83.6 Å². The van der Waals surface area contributed by atoms with Gasteiger partial charge in [-0.25, -0.2) is 0 Å². The minimum Gasteiger partial charge on any atom is -0.332 e. The van der Waals surface area contributed by atoms with Gasteiger partial charge in [0.2, 0.25) is 0 Å². The lowest BCUT2D eigenvalue weighted by atomic mass is 9.93. The van der Waals surface area contributed by atoms with Crippen molar-refractivity contribution in [1.29, 1.82) is 0 Å². The van der Waals surface area contributed by atoms with E-state index < -0.39 is 0 Å². The fourth-order valence-electron chi connectivity index (χ4n) is 4.98. The van der Waals surface area contributed by atoms with Gasteiger partial charge in [-0.3, -0.25) is 9.91 Å². The van der Waals surface area contributed by atoms with Gasteiger partial charge >= 0.3 is 0 Å². The monoisotopic (exact) mass is 572 g/mol. The van der Waals surface area contributed by atoms with Crippen LogP contribution < -0.4 is 5.32 Å². The highest BCUT2D eigenvalue weighted by molar-refractivity contribution is 8.14. The average Bonchev–Trinajstić information content (AvgIpc) is 3.39. The number of hydrazone groups is 1. The summed E-state index contributed by atoms with van der Waals surface area (Å²) in [5, 5.41) is 13.4. The van der Waals surface area contributed by atoms with E-state index in [0.717, 1.165) is 49.1 Å². The van der Waals surface area contributed by atoms with E-state index in [4.69, 9.17) is 28.9 Å². The van der Waals surface area contributed by atoms with Crippen LogP contribution in [0.25, 0.3) is 0 Å². The molecule has 1 fully saturated rings. The second-order valence-corrected chi connectivity index (χ2v) is 12.1. The van der Waals surface area contributed by atoms with E-state index in [2.05, 4.69) is 66.3 Å². The quantitative estimate of drug-likeness (QED) is 0.130. The van der Waals surface area contributed by atoms with E-state index in [1.165, 1.54) is 44.1 Å². The van der Waals surface area contributed by atoms with Gasteiger partial charge in [-0.15, -0.1) is 0 Å². The first-order valence-electron chi connectivity index (χ1n) is 14.4. The third kappa shape index (κ3) is 10.1. The molecule has 7 heteroatoms. The number of nitrogens with one attached hydrogen (secondary N) is 1. The lowest BCUT2D eigenvalue weighted by Gasteiger charge is -2.30. The Balaban J connectivity index is 1.80. The zero-order chi connectivity index (χ0) is 27.2. The molecule has 2 aromatic carbocycles. The Morgan fingerprint density at radius 2 is 1.84 bits per heavy atom. The zero-order valence-corrected chi connectivity index (χ0v) is 25.8. The lowest BCUT2D eigenvalue weighted by Crippen LogP contribution is -2.38. The van der Waals surface area contributed by atoms with Gasteiger partial charge in [0.25, 0.3) is 0 Å². The number of anilines is 1. The van der Waals surface area contributed by atoms with Crippen LogP contribution in [0.5, 0.6) is 0 Å². The number of halogens is 1. The van der Waals surface area contributed by atoms with Gasteiger partial charge < -0.3 is 5.32 Å². The molecule has 0 aliphatic carbocycles. The smallest absolute Gasteiger partial charge is 0.189 e. The van der Waals surface area contributed by atoms with Gasteiger partial charge in [-0.05, 0) is 54.7 Å². The molecule has 4 nitrogen and oxygen atoms in total. The summed E-state index contributed by atoms with van der Waals surface area (Å²) in [4.78, 5) is 2.15. The van der Waals surface area contributed by atoms with Crippen molar-refractivity contribution in [3.05, 3.63) is 65.2 Å². The van der Waals surface area contributed by atoms with Gasteiger partial charge in [0.1, 0.15) is 0 Å². The van der Waals surface area contributed by atoms with Crippen molar-refractivity contribution in [2.45, 2.75) is 78.1 Å². The summed E-state index contributed by atoms with van der Waals surface area (Å²) in [6.45, 7) is 9.66. The third-order valence-corrected chi connectivity index (χ3v) is 8.68. The summed E-state index contributed by atoms with van der Waals surface area (Å²) in [5.74, 6) is 2.08. The summed E-state index contributed by atoms with van der Waals surface area (Å²) in [6, 6.07) is 18.7. The third-order valence-electron chi connectivity index (χ3n) is 7.18. The van der Waals surface area contributed by atoms with Crippen molar-refractivity contribution in [2.24, 2.45) is 11.0 Å². The van der Waals surface area contributed by atoms with Crippen LogP contribution in [0.4, 0.5) is 5.69 Å². The van der Waals surface area contributed by atoms with Crippen LogP contribution >= 0.6 is 35.6 Å². The maximum atomic E-state index is 6.19. The van der Waals surface area contributed by atoms with Crippen LogP contribution in [0.15, 0.2) is 59.7 Å². The zero-order valence-electron chi connectivity index (χ0n) is 23.4. The molecule has 1 aliphatic heterocycles. The molecule has 208 valence electrons. The molecule has 0 radical (unpaired) electrons. The van der Waals surface area contributed by atoms with Gasteiger partial charge in [0, 0.05) is 42.0 Å². The number of thiocarbonyl (C=S) groups is 1. The largest absolute Gasteiger partial charge is 0.332 e. The first-order valence-corrected chi connectivity index (χ1v) is 16.2. The summed E-state index contributed by atoms with van der Waals surface area (Å²) >= 11 is 13.8. The molecule has 1 N–H and O–H groups in total. The van der Waals surface area contributed by atoms with Crippen LogP contribution in [0.3, 0.4) is 0 Å². The molecule has 0 bridgehead atoms. The summed E-state index contributed by atoms with van der Waals surface area (Å²) in [7, 11) is 0. The number of nitrogens with zero attached hydrogens (tertiary/aromatic N) is 3. The highest BCUT2D eigenvalue weighted by Gasteiger charge is 2.26. The van der Waals surface area contributed by atoms with Crippen molar-refractivity contribution >= 4 is 51.5 Å². The first-order chi connectivity index (χ1) is 18.5. The fourth-order valence-corrected chi connectivity index (χ4v) is 6.49. The summed E-state index contributed by atoms with van der Waals surface area (Å²) < 4.78 is 0. The maximum absolute atomic E-state index is 6.19. The number of hydrogen-bond acceptors (Lipinski definition) is 4. The topological polar surface area (TPSA) is 30.9 Å². The number of unbranched alkanes of at least 4 members (excludes halogenated alkanes) is 3. The molecule has 0 spiro atoms. The minimum atomic E-state index is 0.458. The molecular weight excluding hydrogens is 528 g/mol.